The molecule has 10 nitrogen and oxygen atoms in total. The lowest BCUT2D eigenvalue weighted by molar-refractivity contribution is -0.172. The van der Waals surface area contributed by atoms with Gasteiger partial charge in [0.25, 0.3) is 11.8 Å². The number of carbonyl (C=O) groups excluding carboxylic acids is 3. The molecule has 2 aromatic carbocycles. The minimum atomic E-state index is -1.54. The molecule has 2 aliphatic heterocycles. The number of aromatic hydroxyl groups is 1. The Kier molecular flexibility index (Phi) is 5.43. The monoisotopic (exact) mass is 509 g/mol. The van der Waals surface area contributed by atoms with E-state index in [1.54, 1.807) is 0 Å². The van der Waals surface area contributed by atoms with Crippen molar-refractivity contribution in [1.29, 1.82) is 0 Å². The molecule has 0 atom stereocenters. The summed E-state index contributed by atoms with van der Waals surface area (Å²) in [7, 11) is 0. The molecule has 12 heteroatoms. The Morgan fingerprint density at radius 3 is 2.30 bits per heavy atom. The van der Waals surface area contributed by atoms with Gasteiger partial charge in [0.2, 0.25) is 5.43 Å². The van der Waals surface area contributed by atoms with Crippen molar-refractivity contribution in [2.24, 2.45) is 0 Å². The van der Waals surface area contributed by atoms with Crippen LogP contribution in [0.25, 0.3) is 33.4 Å². The SMILES string of the molecule is O=C(ON1C(=O)CCC1=O)c1ccc(-c2c3cc(F)c(=O)cc-3oc3cc(O)c(F)cc23)c(C(=O)O)c1. The number of amides is 2. The van der Waals surface area contributed by atoms with Gasteiger partial charge in [0.1, 0.15) is 11.3 Å². The maximum atomic E-state index is 14.3. The van der Waals surface area contributed by atoms with Crippen LogP contribution in [0.1, 0.15) is 33.6 Å². The summed E-state index contributed by atoms with van der Waals surface area (Å²) in [6.45, 7) is 0. The average molecular weight is 509 g/mol. The van der Waals surface area contributed by atoms with Gasteiger partial charge in [-0.25, -0.2) is 18.4 Å². The van der Waals surface area contributed by atoms with Gasteiger partial charge < -0.3 is 19.5 Å². The lowest BCUT2D eigenvalue weighted by Gasteiger charge is -2.18. The number of rotatable bonds is 4. The Bertz CT molecular complexity index is 1690. The highest BCUT2D eigenvalue weighted by atomic mass is 19.1. The van der Waals surface area contributed by atoms with Gasteiger partial charge >= 0.3 is 11.9 Å². The summed E-state index contributed by atoms with van der Waals surface area (Å²) in [6.07, 6.45) is -0.281. The minimum Gasteiger partial charge on any atom is -0.505 e. The van der Waals surface area contributed by atoms with Crippen molar-refractivity contribution in [3.8, 4) is 28.2 Å². The number of fused-ring (bicyclic) bond motifs is 2. The molecule has 2 heterocycles. The Hall–Kier alpha value is -5.13. The van der Waals surface area contributed by atoms with E-state index in [-0.39, 0.29) is 51.8 Å². The molecular weight excluding hydrogens is 496 g/mol. The number of imide groups is 1. The van der Waals surface area contributed by atoms with Gasteiger partial charge in [-0.2, -0.15) is 0 Å². The number of hydrogen-bond donors (Lipinski definition) is 2. The molecule has 0 saturated carbocycles. The van der Waals surface area contributed by atoms with Gasteiger partial charge in [-0.1, -0.05) is 6.07 Å². The third-order valence-electron chi connectivity index (χ3n) is 5.78. The molecule has 1 aliphatic carbocycles. The zero-order chi connectivity index (χ0) is 26.6. The van der Waals surface area contributed by atoms with Crippen LogP contribution in [0.5, 0.6) is 5.75 Å². The van der Waals surface area contributed by atoms with E-state index in [1.807, 2.05) is 0 Å². The first-order valence-corrected chi connectivity index (χ1v) is 10.6. The van der Waals surface area contributed by atoms with Gasteiger partial charge in [-0.15, -0.1) is 5.06 Å². The van der Waals surface area contributed by atoms with Crippen LogP contribution in [-0.2, 0) is 14.4 Å². The van der Waals surface area contributed by atoms with Gasteiger partial charge in [-0.05, 0) is 29.8 Å². The Morgan fingerprint density at radius 1 is 0.919 bits per heavy atom. The van der Waals surface area contributed by atoms with Crippen molar-refractivity contribution >= 4 is 34.7 Å². The molecule has 5 rings (SSSR count). The van der Waals surface area contributed by atoms with Crippen molar-refractivity contribution in [2.45, 2.75) is 12.8 Å². The summed E-state index contributed by atoms with van der Waals surface area (Å²) in [4.78, 5) is 65.0. The summed E-state index contributed by atoms with van der Waals surface area (Å²) in [5.74, 6) is -7.41. The molecule has 0 aromatic heterocycles. The van der Waals surface area contributed by atoms with Crippen molar-refractivity contribution in [3.63, 3.8) is 0 Å². The number of halogens is 2. The summed E-state index contributed by atoms with van der Waals surface area (Å²) < 4.78 is 34.1. The first-order valence-electron chi connectivity index (χ1n) is 10.6. The average Bonchev–Trinajstić information content (AvgIpc) is 3.16. The number of phenolic OH excluding ortho intramolecular Hbond substituents is 1. The van der Waals surface area contributed by atoms with Gasteiger partial charge in [0.05, 0.1) is 11.1 Å². The molecule has 2 amide bonds. The largest absolute Gasteiger partial charge is 0.505 e. The van der Waals surface area contributed by atoms with Crippen LogP contribution < -0.4 is 5.43 Å². The van der Waals surface area contributed by atoms with E-state index < -0.39 is 52.1 Å². The topological polar surface area (TPSA) is 151 Å². The van der Waals surface area contributed by atoms with Crippen LogP contribution in [0.15, 0.2) is 51.7 Å². The van der Waals surface area contributed by atoms with Crippen molar-refractivity contribution in [3.05, 3.63) is 75.4 Å². The second kappa shape index (κ2) is 8.52. The Morgan fingerprint density at radius 2 is 1.62 bits per heavy atom. The van der Waals surface area contributed by atoms with E-state index >= 15 is 0 Å². The van der Waals surface area contributed by atoms with Crippen LogP contribution in [0, 0.1) is 11.6 Å². The van der Waals surface area contributed by atoms with Gasteiger partial charge in [0, 0.05) is 41.5 Å². The Balaban J connectivity index is 1.73. The first-order chi connectivity index (χ1) is 17.5. The molecule has 0 bridgehead atoms. The van der Waals surface area contributed by atoms with Gasteiger partial charge in [0.15, 0.2) is 17.4 Å². The number of hydroxylamine groups is 2. The zero-order valence-corrected chi connectivity index (χ0v) is 18.4. The molecule has 0 unspecified atom stereocenters. The molecule has 1 saturated heterocycles. The second-order valence-corrected chi connectivity index (χ2v) is 8.08. The number of benzene rings is 3. The highest BCUT2D eigenvalue weighted by molar-refractivity contribution is 6.09. The summed E-state index contributed by atoms with van der Waals surface area (Å²) in [6, 6.07) is 6.59. The highest BCUT2D eigenvalue weighted by Gasteiger charge is 2.33. The Labute approximate surface area is 204 Å². The smallest absolute Gasteiger partial charge is 0.363 e. The number of carbonyl (C=O) groups is 4. The molecule has 2 N–H and O–H groups in total. The maximum absolute atomic E-state index is 14.3. The summed E-state index contributed by atoms with van der Waals surface area (Å²) in [5, 5.41) is 19.9. The molecule has 186 valence electrons. The van der Waals surface area contributed by atoms with E-state index in [1.165, 1.54) is 0 Å². The minimum absolute atomic E-state index is 0.0590. The fraction of sp³-hybridized carbons (Fsp3) is 0.0800. The van der Waals surface area contributed by atoms with Crippen LogP contribution >= 0.6 is 0 Å². The number of hydrogen-bond acceptors (Lipinski definition) is 8. The zero-order valence-electron chi connectivity index (χ0n) is 18.4. The fourth-order valence-corrected chi connectivity index (χ4v) is 4.05. The van der Waals surface area contributed by atoms with E-state index in [9.17, 15) is 43.0 Å². The van der Waals surface area contributed by atoms with Crippen LogP contribution in [0.3, 0.4) is 0 Å². The maximum Gasteiger partial charge on any atom is 0.363 e. The summed E-state index contributed by atoms with van der Waals surface area (Å²) in [5.41, 5.74) is -2.26. The lowest BCUT2D eigenvalue weighted by Crippen LogP contribution is -2.32. The summed E-state index contributed by atoms with van der Waals surface area (Å²) >= 11 is 0. The van der Waals surface area contributed by atoms with Crippen molar-refractivity contribution in [1.82, 2.24) is 5.06 Å². The van der Waals surface area contributed by atoms with Crippen molar-refractivity contribution < 1.29 is 47.4 Å². The normalized spacial score (nSPS) is 13.5. The van der Waals surface area contributed by atoms with E-state index in [2.05, 4.69) is 0 Å². The molecule has 37 heavy (non-hydrogen) atoms. The van der Waals surface area contributed by atoms with Crippen LogP contribution in [0.4, 0.5) is 8.78 Å². The third kappa shape index (κ3) is 3.93. The van der Waals surface area contributed by atoms with E-state index in [4.69, 9.17) is 9.25 Å². The highest BCUT2D eigenvalue weighted by Crippen LogP contribution is 2.43. The van der Waals surface area contributed by atoms with Crippen molar-refractivity contribution in [2.75, 3.05) is 0 Å². The quantitative estimate of drug-likeness (QED) is 0.311. The molecular formula is C25H13F2NO9. The number of carboxylic acid groups (broad SMARTS) is 1. The third-order valence-corrected chi connectivity index (χ3v) is 5.78. The standard InChI is InChI=1S/C25H13F2NO9/c26-15-6-13-19(8-17(15)29)36-20-9-18(30)16(27)7-14(20)23(13)11-2-1-10(5-12(11)24(33)34)25(35)37-28-21(31)3-4-22(28)32/h1-2,5-9,29H,3-4H2,(H,33,34). The van der Waals surface area contributed by atoms with Crippen LogP contribution in [-0.4, -0.2) is 39.0 Å². The molecule has 2 aromatic rings. The lowest BCUT2D eigenvalue weighted by atomic mass is 9.89. The number of nitrogens with zero attached hydrogens (tertiary/aromatic N) is 1. The number of aromatic carboxylic acids is 1. The van der Waals surface area contributed by atoms with E-state index in [0.717, 1.165) is 42.5 Å². The number of phenols is 1. The molecule has 3 aliphatic rings. The molecule has 0 radical (unpaired) electrons. The second-order valence-electron chi connectivity index (χ2n) is 8.08. The predicted octanol–water partition coefficient (Wildman–Crippen LogP) is 3.47. The molecule has 0 spiro atoms. The predicted molar refractivity (Wildman–Crippen MR) is 120 cm³/mol. The van der Waals surface area contributed by atoms with Crippen LogP contribution in [0.2, 0.25) is 0 Å². The number of carboxylic acids is 1. The first kappa shape index (κ1) is 23.6. The fourth-order valence-electron chi connectivity index (χ4n) is 4.05. The molecule has 1 fully saturated rings. The van der Waals surface area contributed by atoms with Gasteiger partial charge in [-0.3, -0.25) is 14.4 Å². The van der Waals surface area contributed by atoms with E-state index in [0.29, 0.717) is 5.06 Å².